The van der Waals surface area contributed by atoms with Crippen molar-refractivity contribution in [3.8, 4) is 11.8 Å². The van der Waals surface area contributed by atoms with Gasteiger partial charge in [-0.05, 0) is 59.6 Å². The van der Waals surface area contributed by atoms with E-state index in [2.05, 4.69) is 37.0 Å². The van der Waals surface area contributed by atoms with Gasteiger partial charge >= 0.3 is 5.97 Å². The smallest absolute Gasteiger partial charge is 0.322 e. The van der Waals surface area contributed by atoms with E-state index in [9.17, 15) is 9.59 Å². The van der Waals surface area contributed by atoms with Crippen molar-refractivity contribution in [3.63, 3.8) is 0 Å². The summed E-state index contributed by atoms with van der Waals surface area (Å²) in [6.07, 6.45) is 2.01. The third kappa shape index (κ3) is 4.42. The summed E-state index contributed by atoms with van der Waals surface area (Å²) in [6.45, 7) is 0.944. The third-order valence-corrected chi connectivity index (χ3v) is 5.39. The molecule has 150 valence electrons. The van der Waals surface area contributed by atoms with E-state index < -0.39 is 0 Å². The topological polar surface area (TPSA) is 104 Å². The highest BCUT2D eigenvalue weighted by Crippen LogP contribution is 2.32. The number of nitrogens with zero attached hydrogens (tertiary/aromatic N) is 1. The number of aromatic nitrogens is 1. The Bertz CT molecular complexity index is 1160. The van der Waals surface area contributed by atoms with Gasteiger partial charge in [0.15, 0.2) is 0 Å². The van der Waals surface area contributed by atoms with Gasteiger partial charge in [0.05, 0.1) is 35.8 Å². The van der Waals surface area contributed by atoms with E-state index in [-0.39, 0.29) is 17.6 Å². The number of aromatic amines is 1. The average Bonchev–Trinajstić information content (AvgIpc) is 3.28. The molecule has 0 aliphatic carbocycles. The van der Waals surface area contributed by atoms with Gasteiger partial charge in [-0.3, -0.25) is 9.59 Å². The predicted molar refractivity (Wildman–Crippen MR) is 114 cm³/mol. The molecule has 0 amide bonds. The van der Waals surface area contributed by atoms with Crippen LogP contribution in [0.4, 0.5) is 0 Å². The van der Waals surface area contributed by atoms with Crippen molar-refractivity contribution in [2.75, 3.05) is 20.8 Å². The zero-order valence-electron chi connectivity index (χ0n) is 16.0. The summed E-state index contributed by atoms with van der Waals surface area (Å²) in [6, 6.07) is 10.8. The number of pyridine rings is 1. The Balaban J connectivity index is 0.000000224. The Hall–Kier alpha value is -2.89. The number of nitrogens with one attached hydrogen (secondary N) is 2. The zero-order chi connectivity index (χ0) is 21.0. The molecule has 1 aliphatic heterocycles. The zero-order valence-corrected chi connectivity index (χ0v) is 17.6. The summed E-state index contributed by atoms with van der Waals surface area (Å²) in [4.78, 5) is 25.7. The summed E-state index contributed by atoms with van der Waals surface area (Å²) >= 11 is 3.38. The van der Waals surface area contributed by atoms with Gasteiger partial charge in [-0.25, -0.2) is 0 Å². The van der Waals surface area contributed by atoms with E-state index >= 15 is 0 Å². The van der Waals surface area contributed by atoms with Gasteiger partial charge in [-0.15, -0.1) is 0 Å². The Morgan fingerprint density at radius 3 is 2.62 bits per heavy atom. The Kier molecular flexibility index (Phi) is 6.52. The predicted octanol–water partition coefficient (Wildman–Crippen LogP) is 3.24. The lowest BCUT2D eigenvalue weighted by atomic mass is 10.0. The number of ether oxygens (including phenoxy) is 2. The van der Waals surface area contributed by atoms with Crippen molar-refractivity contribution < 1.29 is 14.3 Å². The molecule has 1 atom stereocenters. The lowest BCUT2D eigenvalue weighted by Crippen LogP contribution is -2.31. The normalized spacial score (nSPS) is 15.4. The second kappa shape index (κ2) is 9.07. The Morgan fingerprint density at radius 1 is 1.21 bits per heavy atom. The lowest BCUT2D eigenvalue weighted by Gasteiger charge is -2.08. The molecule has 0 saturated carbocycles. The van der Waals surface area contributed by atoms with Gasteiger partial charge in [-0.2, -0.15) is 5.26 Å². The number of fused-ring (bicyclic) bond motifs is 3. The van der Waals surface area contributed by atoms with Crippen LogP contribution in [0.1, 0.15) is 18.4 Å². The van der Waals surface area contributed by atoms with Crippen LogP contribution in [0.25, 0.3) is 21.7 Å². The minimum absolute atomic E-state index is 0.0324. The molecular formula is C21H20BrN3O4. The van der Waals surface area contributed by atoms with E-state index in [1.54, 1.807) is 25.3 Å². The number of methoxy groups -OCH3 is 2. The van der Waals surface area contributed by atoms with Gasteiger partial charge in [0.1, 0.15) is 11.8 Å². The number of H-pyrrole nitrogens is 1. The number of esters is 1. The molecule has 7 nitrogen and oxygen atoms in total. The standard InChI is InChI=1S/C15H9BrN2O2.C6H11NO2/c1-20-14-6-10-9-3-2-8(7-17)4-13(9)18-15(19)11(10)5-12(14)16;1-9-6(8)5-3-2-4-7-5/h2-6H,1H3,(H,18,19);5,7H,2-4H2,1H3. The molecule has 2 N–H and O–H groups in total. The van der Waals surface area contributed by atoms with Crippen molar-refractivity contribution in [3.05, 3.63) is 50.7 Å². The highest BCUT2D eigenvalue weighted by atomic mass is 79.9. The van der Waals surface area contributed by atoms with Crippen molar-refractivity contribution >= 4 is 43.6 Å². The quantitative estimate of drug-likeness (QED) is 0.452. The van der Waals surface area contributed by atoms with Crippen LogP contribution >= 0.6 is 15.9 Å². The number of hydrogen-bond acceptors (Lipinski definition) is 6. The minimum Gasteiger partial charge on any atom is -0.496 e. The van der Waals surface area contributed by atoms with Crippen molar-refractivity contribution in [2.24, 2.45) is 0 Å². The van der Waals surface area contributed by atoms with Crippen LogP contribution in [0, 0.1) is 11.3 Å². The number of rotatable bonds is 2. The second-order valence-corrected chi connectivity index (χ2v) is 7.39. The van der Waals surface area contributed by atoms with Crippen LogP contribution in [-0.4, -0.2) is 37.8 Å². The summed E-state index contributed by atoms with van der Waals surface area (Å²) in [5.74, 6) is 0.529. The van der Waals surface area contributed by atoms with E-state index in [1.807, 2.05) is 12.1 Å². The van der Waals surface area contributed by atoms with Crippen LogP contribution in [-0.2, 0) is 9.53 Å². The SMILES string of the molecule is COC(=O)C1CCCN1.COc1cc2c(cc1Br)c(=O)[nH]c1cc(C#N)ccc12. The fourth-order valence-electron chi connectivity index (χ4n) is 3.29. The monoisotopic (exact) mass is 457 g/mol. The summed E-state index contributed by atoms with van der Waals surface area (Å²) in [7, 11) is 3.00. The van der Waals surface area contributed by atoms with Gasteiger partial charge in [0, 0.05) is 16.2 Å². The van der Waals surface area contributed by atoms with Gasteiger partial charge < -0.3 is 19.8 Å². The van der Waals surface area contributed by atoms with Gasteiger partial charge in [0.25, 0.3) is 5.56 Å². The average molecular weight is 458 g/mol. The molecule has 1 aromatic heterocycles. The van der Waals surface area contributed by atoms with Gasteiger partial charge in [0.2, 0.25) is 0 Å². The Morgan fingerprint density at radius 2 is 2.00 bits per heavy atom. The van der Waals surface area contributed by atoms with Gasteiger partial charge in [-0.1, -0.05) is 6.07 Å². The lowest BCUT2D eigenvalue weighted by molar-refractivity contribution is -0.142. The molecule has 0 spiro atoms. The Labute approximate surface area is 175 Å². The highest BCUT2D eigenvalue weighted by molar-refractivity contribution is 9.10. The molecule has 29 heavy (non-hydrogen) atoms. The third-order valence-electron chi connectivity index (χ3n) is 4.77. The maximum absolute atomic E-state index is 12.1. The first-order valence-electron chi connectivity index (χ1n) is 9.03. The molecule has 1 unspecified atom stereocenters. The van der Waals surface area contributed by atoms with Crippen LogP contribution in [0.3, 0.4) is 0 Å². The molecule has 2 heterocycles. The molecule has 4 rings (SSSR count). The number of benzene rings is 2. The summed E-state index contributed by atoms with van der Waals surface area (Å²) in [5, 5.41) is 14.2. The molecule has 3 aromatic rings. The second-order valence-electron chi connectivity index (χ2n) is 6.53. The molecule has 8 heteroatoms. The molecule has 2 aromatic carbocycles. The first-order valence-corrected chi connectivity index (χ1v) is 9.82. The first kappa shape index (κ1) is 20.8. The molecule has 1 fully saturated rings. The summed E-state index contributed by atoms with van der Waals surface area (Å²) in [5.41, 5.74) is 0.966. The van der Waals surface area contributed by atoms with Crippen molar-refractivity contribution in [1.82, 2.24) is 10.3 Å². The summed E-state index contributed by atoms with van der Waals surface area (Å²) < 4.78 is 10.5. The fourth-order valence-corrected chi connectivity index (χ4v) is 3.80. The van der Waals surface area contributed by atoms with Crippen LogP contribution in [0.15, 0.2) is 39.6 Å². The van der Waals surface area contributed by atoms with Crippen LogP contribution in [0.2, 0.25) is 0 Å². The highest BCUT2D eigenvalue weighted by Gasteiger charge is 2.21. The number of carbonyl (C=O) groups excluding carboxylic acids is 1. The largest absolute Gasteiger partial charge is 0.496 e. The van der Waals surface area contributed by atoms with E-state index in [0.717, 1.165) is 34.6 Å². The fraction of sp³-hybridized carbons (Fsp3) is 0.286. The first-order chi connectivity index (χ1) is 14.0. The number of carbonyl (C=O) groups is 1. The molecule has 1 aliphatic rings. The van der Waals surface area contributed by atoms with E-state index in [0.29, 0.717) is 22.2 Å². The van der Waals surface area contributed by atoms with E-state index in [1.165, 1.54) is 7.11 Å². The maximum atomic E-state index is 12.1. The molecule has 0 bridgehead atoms. The van der Waals surface area contributed by atoms with Crippen molar-refractivity contribution in [2.45, 2.75) is 18.9 Å². The number of hydrogen-bond donors (Lipinski definition) is 2. The van der Waals surface area contributed by atoms with Crippen molar-refractivity contribution in [1.29, 1.82) is 5.26 Å². The van der Waals surface area contributed by atoms with Crippen LogP contribution in [0.5, 0.6) is 5.75 Å². The molecule has 0 radical (unpaired) electrons. The number of nitriles is 1. The number of halogens is 1. The molecular weight excluding hydrogens is 438 g/mol. The van der Waals surface area contributed by atoms with Crippen LogP contribution < -0.4 is 15.6 Å². The maximum Gasteiger partial charge on any atom is 0.322 e. The molecule has 1 saturated heterocycles. The van der Waals surface area contributed by atoms with E-state index in [4.69, 9.17) is 10.00 Å². The minimum atomic E-state index is -0.189.